The molecule has 2 aromatic rings. The molecule has 110 valence electrons. The number of halogens is 1. The molecule has 1 unspecified atom stereocenters. The molecule has 0 aliphatic heterocycles. The van der Waals surface area contributed by atoms with Crippen molar-refractivity contribution in [3.8, 4) is 0 Å². The summed E-state index contributed by atoms with van der Waals surface area (Å²) in [5.74, 6) is -0.220. The van der Waals surface area contributed by atoms with Crippen molar-refractivity contribution in [2.45, 2.75) is 19.4 Å². The first-order valence-corrected chi connectivity index (χ1v) is 7.05. The Morgan fingerprint density at radius 2 is 2.14 bits per heavy atom. The first kappa shape index (κ1) is 15.2. The highest BCUT2D eigenvalue weighted by Gasteiger charge is 2.19. The van der Waals surface area contributed by atoms with Crippen molar-refractivity contribution in [3.63, 3.8) is 0 Å². The molecule has 0 aliphatic carbocycles. The summed E-state index contributed by atoms with van der Waals surface area (Å²) < 4.78 is 2.37. The maximum Gasteiger partial charge on any atom is 0.269 e. The summed E-state index contributed by atoms with van der Waals surface area (Å²) in [5, 5.41) is 17.4. The van der Waals surface area contributed by atoms with E-state index >= 15 is 0 Å². The van der Waals surface area contributed by atoms with E-state index in [4.69, 9.17) is 0 Å². The molecule has 8 heteroatoms. The van der Waals surface area contributed by atoms with Gasteiger partial charge in [-0.25, -0.2) is 0 Å². The molecule has 21 heavy (non-hydrogen) atoms. The summed E-state index contributed by atoms with van der Waals surface area (Å²) in [6, 6.07) is 5.26. The van der Waals surface area contributed by atoms with Crippen LogP contribution >= 0.6 is 15.9 Å². The lowest BCUT2D eigenvalue weighted by atomic mass is 10.2. The van der Waals surface area contributed by atoms with Gasteiger partial charge in [0.25, 0.3) is 5.69 Å². The third-order valence-electron chi connectivity index (χ3n) is 2.92. The zero-order valence-corrected chi connectivity index (χ0v) is 12.8. The number of aromatic nitrogens is 2. The summed E-state index contributed by atoms with van der Waals surface area (Å²) in [7, 11) is 0. The average molecular weight is 353 g/mol. The first-order chi connectivity index (χ1) is 10.0. The van der Waals surface area contributed by atoms with Crippen LogP contribution in [0.25, 0.3) is 0 Å². The van der Waals surface area contributed by atoms with Crippen LogP contribution in [0.1, 0.15) is 19.4 Å². The van der Waals surface area contributed by atoms with E-state index in [0.29, 0.717) is 12.1 Å². The predicted octanol–water partition coefficient (Wildman–Crippen LogP) is 3.14. The molecule has 0 aliphatic rings. The van der Waals surface area contributed by atoms with Gasteiger partial charge in [0.1, 0.15) is 6.04 Å². The number of hydrogen-bond acceptors (Lipinski definition) is 4. The summed E-state index contributed by atoms with van der Waals surface area (Å²) >= 11 is 3.29. The first-order valence-electron chi connectivity index (χ1n) is 6.26. The number of non-ortho nitro benzene ring substituents is 1. The minimum Gasteiger partial charge on any atom is -0.324 e. The van der Waals surface area contributed by atoms with E-state index < -0.39 is 11.0 Å². The molecule has 1 atom stereocenters. The summed E-state index contributed by atoms with van der Waals surface area (Å²) in [5.41, 5.74) is 0.492. The van der Waals surface area contributed by atoms with E-state index in [1.807, 2.05) is 6.92 Å². The number of carbonyl (C=O) groups is 1. The van der Waals surface area contributed by atoms with Crippen LogP contribution in [-0.4, -0.2) is 20.6 Å². The number of anilines is 1. The molecule has 0 bridgehead atoms. The Labute approximate surface area is 129 Å². The minimum atomic E-state index is -0.484. The number of rotatable bonds is 5. The van der Waals surface area contributed by atoms with Gasteiger partial charge in [0.05, 0.1) is 15.6 Å². The SMILES string of the molecule is CCC(C(=O)Nc1ccc([N+](=O)[O-])cc1)n1cc(Br)cn1. The fraction of sp³-hybridized carbons (Fsp3) is 0.231. The lowest BCUT2D eigenvalue weighted by Gasteiger charge is -2.15. The van der Waals surface area contributed by atoms with Crippen molar-refractivity contribution in [2.75, 3.05) is 5.32 Å². The molecule has 1 aromatic heterocycles. The Morgan fingerprint density at radius 1 is 1.48 bits per heavy atom. The second kappa shape index (κ2) is 6.49. The topological polar surface area (TPSA) is 90.1 Å². The lowest BCUT2D eigenvalue weighted by Crippen LogP contribution is -2.25. The molecule has 7 nitrogen and oxygen atoms in total. The second-order valence-electron chi connectivity index (χ2n) is 4.36. The van der Waals surface area contributed by atoms with Gasteiger partial charge in [-0.1, -0.05) is 6.92 Å². The van der Waals surface area contributed by atoms with Gasteiger partial charge in [-0.15, -0.1) is 0 Å². The molecule has 1 amide bonds. The zero-order valence-electron chi connectivity index (χ0n) is 11.2. The van der Waals surface area contributed by atoms with E-state index in [0.717, 1.165) is 4.47 Å². The highest BCUT2D eigenvalue weighted by molar-refractivity contribution is 9.10. The fourth-order valence-electron chi connectivity index (χ4n) is 1.87. The maximum atomic E-state index is 12.3. The van der Waals surface area contributed by atoms with E-state index in [9.17, 15) is 14.9 Å². The third kappa shape index (κ3) is 3.66. The average Bonchev–Trinajstić information content (AvgIpc) is 2.86. The third-order valence-corrected chi connectivity index (χ3v) is 3.33. The van der Waals surface area contributed by atoms with Crippen molar-refractivity contribution < 1.29 is 9.72 Å². The molecule has 0 spiro atoms. The number of amides is 1. The normalized spacial score (nSPS) is 11.9. The highest BCUT2D eigenvalue weighted by Crippen LogP contribution is 2.19. The van der Waals surface area contributed by atoms with Crippen LogP contribution in [-0.2, 0) is 4.79 Å². The van der Waals surface area contributed by atoms with E-state index in [1.165, 1.54) is 24.3 Å². The molecular weight excluding hydrogens is 340 g/mol. The standard InChI is InChI=1S/C13H13BrN4O3/c1-2-12(17-8-9(14)7-15-17)13(19)16-10-3-5-11(6-4-10)18(20)21/h3-8,12H,2H2,1H3,(H,16,19). The van der Waals surface area contributed by atoms with Gasteiger partial charge in [-0.3, -0.25) is 19.6 Å². The molecule has 0 fully saturated rings. The number of nitrogens with zero attached hydrogens (tertiary/aromatic N) is 3. The van der Waals surface area contributed by atoms with Gasteiger partial charge >= 0.3 is 0 Å². The van der Waals surface area contributed by atoms with E-state index in [-0.39, 0.29) is 11.6 Å². The highest BCUT2D eigenvalue weighted by atomic mass is 79.9. The molecule has 0 saturated carbocycles. The van der Waals surface area contributed by atoms with Crippen LogP contribution in [0.4, 0.5) is 11.4 Å². The smallest absolute Gasteiger partial charge is 0.269 e. The maximum absolute atomic E-state index is 12.3. The summed E-state index contributed by atoms with van der Waals surface area (Å²) in [6.45, 7) is 1.88. The van der Waals surface area contributed by atoms with Crippen molar-refractivity contribution in [1.29, 1.82) is 0 Å². The molecule has 2 rings (SSSR count). The summed E-state index contributed by atoms with van der Waals surface area (Å²) in [6.07, 6.45) is 3.92. The zero-order chi connectivity index (χ0) is 15.4. The van der Waals surface area contributed by atoms with Crippen molar-refractivity contribution in [1.82, 2.24) is 9.78 Å². The molecule has 0 saturated heterocycles. The molecular formula is C13H13BrN4O3. The number of nitro benzene ring substituents is 1. The number of nitrogens with one attached hydrogen (secondary N) is 1. The van der Waals surface area contributed by atoms with Crippen LogP contribution in [0, 0.1) is 10.1 Å². The Bertz CT molecular complexity index is 654. The Hall–Kier alpha value is -2.22. The monoisotopic (exact) mass is 352 g/mol. The second-order valence-corrected chi connectivity index (χ2v) is 5.27. The largest absolute Gasteiger partial charge is 0.324 e. The van der Waals surface area contributed by atoms with Crippen molar-refractivity contribution in [2.24, 2.45) is 0 Å². The Kier molecular flexibility index (Phi) is 4.69. The van der Waals surface area contributed by atoms with Gasteiger partial charge in [0, 0.05) is 24.0 Å². The quantitative estimate of drug-likeness (QED) is 0.660. The fourth-order valence-corrected chi connectivity index (χ4v) is 2.17. The molecule has 1 aromatic carbocycles. The van der Waals surface area contributed by atoms with Crippen LogP contribution in [0.2, 0.25) is 0 Å². The molecule has 1 N–H and O–H groups in total. The number of benzene rings is 1. The van der Waals surface area contributed by atoms with Crippen LogP contribution in [0.15, 0.2) is 41.1 Å². The molecule has 0 radical (unpaired) electrons. The minimum absolute atomic E-state index is 0.0175. The van der Waals surface area contributed by atoms with Crippen molar-refractivity contribution in [3.05, 3.63) is 51.2 Å². The van der Waals surface area contributed by atoms with Crippen molar-refractivity contribution >= 4 is 33.2 Å². The van der Waals surface area contributed by atoms with Gasteiger partial charge < -0.3 is 5.32 Å². The predicted molar refractivity (Wildman–Crippen MR) is 81.0 cm³/mol. The van der Waals surface area contributed by atoms with Crippen LogP contribution in [0.3, 0.4) is 0 Å². The van der Waals surface area contributed by atoms with E-state index in [2.05, 4.69) is 26.3 Å². The number of nitro groups is 1. The van der Waals surface area contributed by atoms with E-state index in [1.54, 1.807) is 17.1 Å². The molecule has 1 heterocycles. The lowest BCUT2D eigenvalue weighted by molar-refractivity contribution is -0.384. The summed E-state index contributed by atoms with van der Waals surface area (Å²) in [4.78, 5) is 22.3. The van der Waals surface area contributed by atoms with Crippen LogP contribution < -0.4 is 5.32 Å². The number of hydrogen-bond donors (Lipinski definition) is 1. The van der Waals surface area contributed by atoms with Gasteiger partial charge in [0.2, 0.25) is 5.91 Å². The van der Waals surface area contributed by atoms with Gasteiger partial charge in [-0.2, -0.15) is 5.10 Å². The Balaban J connectivity index is 2.10. The van der Waals surface area contributed by atoms with Crippen LogP contribution in [0.5, 0.6) is 0 Å². The van der Waals surface area contributed by atoms with Gasteiger partial charge in [-0.05, 0) is 34.5 Å². The Morgan fingerprint density at radius 3 is 2.62 bits per heavy atom. The van der Waals surface area contributed by atoms with Gasteiger partial charge in [0.15, 0.2) is 0 Å². The number of carbonyl (C=O) groups excluding carboxylic acids is 1.